The highest BCUT2D eigenvalue weighted by Crippen LogP contribution is 2.39. The first kappa shape index (κ1) is 16.7. The fraction of sp³-hybridized carbons (Fsp3) is 0.125. The van der Waals surface area contributed by atoms with E-state index < -0.39 is 0 Å². The molecule has 25 heavy (non-hydrogen) atoms. The lowest BCUT2D eigenvalue weighted by Gasteiger charge is -2.03. The van der Waals surface area contributed by atoms with Crippen LogP contribution < -0.4 is 14.8 Å². The van der Waals surface area contributed by atoms with Crippen molar-refractivity contribution in [1.82, 2.24) is 4.98 Å². The summed E-state index contributed by atoms with van der Waals surface area (Å²) in [5, 5.41) is 5.15. The van der Waals surface area contributed by atoms with E-state index in [-0.39, 0.29) is 19.1 Å². The lowest BCUT2D eigenvalue weighted by Crippen LogP contribution is -2.14. The largest absolute Gasteiger partial charge is 0.454 e. The summed E-state index contributed by atoms with van der Waals surface area (Å²) in [5.74, 6) is 1.19. The molecule has 0 spiro atoms. The molecule has 1 aromatic carbocycles. The van der Waals surface area contributed by atoms with Gasteiger partial charge in [-0.15, -0.1) is 22.7 Å². The Morgan fingerprint density at radius 3 is 2.88 bits per heavy atom. The Bertz CT molecular complexity index is 955. The van der Waals surface area contributed by atoms with E-state index in [9.17, 15) is 4.79 Å². The molecule has 1 amide bonds. The topological polar surface area (TPSA) is 60.5 Å². The lowest BCUT2D eigenvalue weighted by atomic mass is 10.1. The highest BCUT2D eigenvalue weighted by molar-refractivity contribution is 7.20. The Labute approximate surface area is 161 Å². The molecule has 5 nitrogen and oxygen atoms in total. The molecule has 0 bridgehead atoms. The molecule has 0 unspecified atom stereocenters. The van der Waals surface area contributed by atoms with E-state index in [1.54, 1.807) is 12.1 Å². The number of thiophene rings is 1. The molecule has 2 aromatic heterocycles. The fourth-order valence-electron chi connectivity index (χ4n) is 2.37. The summed E-state index contributed by atoms with van der Waals surface area (Å²) in [6, 6.07) is 7.21. The summed E-state index contributed by atoms with van der Waals surface area (Å²) < 4.78 is 11.8. The summed E-state index contributed by atoms with van der Waals surface area (Å²) in [7, 11) is 0. The van der Waals surface area contributed by atoms with Gasteiger partial charge in [0.15, 0.2) is 16.6 Å². The number of carbonyl (C=O) groups is 1. The van der Waals surface area contributed by atoms with Crippen LogP contribution in [0.15, 0.2) is 29.6 Å². The van der Waals surface area contributed by atoms with Gasteiger partial charge in [0.25, 0.3) is 0 Å². The van der Waals surface area contributed by atoms with Gasteiger partial charge in [-0.2, -0.15) is 0 Å². The number of aromatic nitrogens is 1. The Morgan fingerprint density at radius 1 is 1.24 bits per heavy atom. The zero-order valence-electron chi connectivity index (χ0n) is 12.5. The second-order valence-electron chi connectivity index (χ2n) is 5.19. The van der Waals surface area contributed by atoms with E-state index >= 15 is 0 Å². The molecule has 1 aliphatic heterocycles. The van der Waals surface area contributed by atoms with Crippen molar-refractivity contribution >= 4 is 56.9 Å². The number of nitrogens with one attached hydrogen (secondary N) is 1. The van der Waals surface area contributed by atoms with E-state index in [2.05, 4.69) is 10.3 Å². The van der Waals surface area contributed by atoms with Crippen LogP contribution in [0, 0.1) is 0 Å². The predicted molar refractivity (Wildman–Crippen MR) is 100 cm³/mol. The van der Waals surface area contributed by atoms with Crippen LogP contribution in [0.4, 0.5) is 5.13 Å². The maximum absolute atomic E-state index is 12.2. The van der Waals surface area contributed by atoms with E-state index in [0.29, 0.717) is 31.0 Å². The van der Waals surface area contributed by atoms with E-state index in [1.807, 2.05) is 17.5 Å². The monoisotopic (exact) mass is 412 g/mol. The number of rotatable bonds is 4. The first-order chi connectivity index (χ1) is 12.1. The van der Waals surface area contributed by atoms with Crippen LogP contribution in [0.5, 0.6) is 11.5 Å². The predicted octanol–water partition coefficient (Wildman–Crippen LogP) is 5.09. The molecule has 9 heteroatoms. The first-order valence-corrected chi connectivity index (χ1v) is 9.63. The molecule has 0 atom stereocenters. The van der Waals surface area contributed by atoms with Crippen LogP contribution in [0.25, 0.3) is 11.3 Å². The van der Waals surface area contributed by atoms with Gasteiger partial charge >= 0.3 is 0 Å². The summed E-state index contributed by atoms with van der Waals surface area (Å²) in [6.07, 6.45) is 0.219. The lowest BCUT2D eigenvalue weighted by molar-refractivity contribution is -0.115. The van der Waals surface area contributed by atoms with Gasteiger partial charge in [-0.1, -0.05) is 29.3 Å². The first-order valence-electron chi connectivity index (χ1n) is 7.17. The van der Waals surface area contributed by atoms with Crippen LogP contribution in [0.3, 0.4) is 0 Å². The Morgan fingerprint density at radius 2 is 2.08 bits per heavy atom. The maximum atomic E-state index is 12.2. The standard InChI is InChI=1S/C16H10Cl2N2O3S2/c17-13-5-9(15(18)25-13)10-6-24-16(19-10)20-14(21)4-8-1-2-11-12(3-8)23-7-22-11/h1-3,5-6H,4,7H2,(H,19,20,21). The fourth-order valence-corrected chi connectivity index (χ4v) is 4.58. The molecular weight excluding hydrogens is 403 g/mol. The number of fused-ring (bicyclic) bond motifs is 1. The van der Waals surface area contributed by atoms with Gasteiger partial charge in [-0.25, -0.2) is 4.98 Å². The van der Waals surface area contributed by atoms with Crippen LogP contribution in [0.1, 0.15) is 5.56 Å². The van der Waals surface area contributed by atoms with Crippen LogP contribution >= 0.6 is 45.9 Å². The van der Waals surface area contributed by atoms with E-state index in [4.69, 9.17) is 32.7 Å². The Balaban J connectivity index is 1.44. The number of benzene rings is 1. The van der Waals surface area contributed by atoms with Gasteiger partial charge in [-0.3, -0.25) is 4.79 Å². The SMILES string of the molecule is O=C(Cc1ccc2c(c1)OCO2)Nc1nc(-c2cc(Cl)sc2Cl)cs1. The molecule has 3 heterocycles. The van der Waals surface area contributed by atoms with E-state index in [0.717, 1.165) is 11.1 Å². The van der Waals surface area contributed by atoms with E-state index in [1.165, 1.54) is 22.7 Å². The second-order valence-corrected chi connectivity index (χ2v) is 8.33. The number of thiazole rings is 1. The molecule has 4 rings (SSSR count). The highest BCUT2D eigenvalue weighted by atomic mass is 35.5. The van der Waals surface area contributed by atoms with Crippen molar-refractivity contribution in [2.45, 2.75) is 6.42 Å². The second kappa shape index (κ2) is 6.84. The average molecular weight is 413 g/mol. The minimum absolute atomic E-state index is 0.158. The molecule has 0 aliphatic carbocycles. The highest BCUT2D eigenvalue weighted by Gasteiger charge is 2.16. The molecule has 0 saturated heterocycles. The zero-order chi connectivity index (χ0) is 17.4. The van der Waals surface area contributed by atoms with Gasteiger partial charge < -0.3 is 14.8 Å². The van der Waals surface area contributed by atoms with Crippen molar-refractivity contribution in [2.75, 3.05) is 12.1 Å². The molecule has 1 N–H and O–H groups in total. The van der Waals surface area contributed by atoms with Crippen LogP contribution in [-0.4, -0.2) is 17.7 Å². The maximum Gasteiger partial charge on any atom is 0.231 e. The van der Waals surface area contributed by atoms with Crippen molar-refractivity contribution in [1.29, 1.82) is 0 Å². The normalized spacial score (nSPS) is 12.4. The average Bonchev–Trinajstić information content (AvgIpc) is 3.27. The molecule has 0 saturated carbocycles. The Kier molecular flexibility index (Phi) is 4.56. The van der Waals surface area contributed by atoms with Crippen LogP contribution in [0.2, 0.25) is 8.67 Å². The van der Waals surface area contributed by atoms with Crippen molar-refractivity contribution in [3.05, 3.63) is 43.9 Å². The minimum Gasteiger partial charge on any atom is -0.454 e. The third-order valence-corrected chi connectivity index (χ3v) is 5.73. The summed E-state index contributed by atoms with van der Waals surface area (Å²) in [5.41, 5.74) is 2.30. The number of ether oxygens (including phenoxy) is 2. The van der Waals surface area contributed by atoms with Gasteiger partial charge in [0.1, 0.15) is 4.34 Å². The Hall–Kier alpha value is -1.80. The van der Waals surface area contributed by atoms with Gasteiger partial charge in [0.05, 0.1) is 16.5 Å². The van der Waals surface area contributed by atoms with Crippen molar-refractivity contribution in [3.8, 4) is 22.8 Å². The third-order valence-electron chi connectivity index (χ3n) is 3.48. The number of halogens is 2. The van der Waals surface area contributed by atoms with Crippen molar-refractivity contribution in [2.24, 2.45) is 0 Å². The number of amides is 1. The van der Waals surface area contributed by atoms with Crippen LogP contribution in [-0.2, 0) is 11.2 Å². The third kappa shape index (κ3) is 3.59. The quantitative estimate of drug-likeness (QED) is 0.648. The summed E-state index contributed by atoms with van der Waals surface area (Å²) in [6.45, 7) is 0.210. The number of hydrogen-bond donors (Lipinski definition) is 1. The molecule has 3 aromatic rings. The molecular formula is C16H10Cl2N2O3S2. The minimum atomic E-state index is -0.158. The number of carbonyl (C=O) groups excluding carboxylic acids is 1. The summed E-state index contributed by atoms with van der Waals surface area (Å²) >= 11 is 14.7. The van der Waals surface area contributed by atoms with Crippen molar-refractivity contribution < 1.29 is 14.3 Å². The molecule has 0 radical (unpaired) electrons. The zero-order valence-corrected chi connectivity index (χ0v) is 15.7. The van der Waals surface area contributed by atoms with Gasteiger partial charge in [0.2, 0.25) is 12.7 Å². The molecule has 0 fully saturated rings. The number of nitrogens with zero attached hydrogens (tertiary/aromatic N) is 1. The summed E-state index contributed by atoms with van der Waals surface area (Å²) in [4.78, 5) is 16.6. The molecule has 128 valence electrons. The van der Waals surface area contributed by atoms with Gasteiger partial charge in [0, 0.05) is 10.9 Å². The van der Waals surface area contributed by atoms with Crippen molar-refractivity contribution in [3.63, 3.8) is 0 Å². The number of anilines is 1. The molecule has 1 aliphatic rings. The smallest absolute Gasteiger partial charge is 0.231 e. The number of hydrogen-bond acceptors (Lipinski definition) is 6. The van der Waals surface area contributed by atoms with Gasteiger partial charge in [-0.05, 0) is 23.8 Å².